The maximum atomic E-state index is 11.3. The fraction of sp³-hybridized carbons (Fsp3) is 0.455. The summed E-state index contributed by atoms with van der Waals surface area (Å²) in [5.41, 5.74) is 0.440. The van der Waals surface area contributed by atoms with Gasteiger partial charge in [0.05, 0.1) is 12.7 Å². The van der Waals surface area contributed by atoms with Gasteiger partial charge in [0.2, 0.25) is 0 Å². The van der Waals surface area contributed by atoms with Gasteiger partial charge in [-0.25, -0.2) is 9.78 Å². The van der Waals surface area contributed by atoms with E-state index in [1.807, 2.05) is 6.92 Å². The molecule has 5 nitrogen and oxygen atoms in total. The molecule has 6 heteroatoms. The van der Waals surface area contributed by atoms with Crippen molar-refractivity contribution >= 4 is 22.6 Å². The number of nitrogens with one attached hydrogen (secondary N) is 1. The Morgan fingerprint density at radius 2 is 2.35 bits per heavy atom. The van der Waals surface area contributed by atoms with E-state index < -0.39 is 16.8 Å². The largest absolute Gasteiger partial charge is 0.465 e. The average molecular weight is 256 g/mol. The first kappa shape index (κ1) is 13.6. The van der Waals surface area contributed by atoms with Gasteiger partial charge in [-0.3, -0.25) is 4.21 Å². The van der Waals surface area contributed by atoms with Crippen LogP contribution in [0.4, 0.5) is 5.82 Å². The molecule has 1 rings (SSSR count). The van der Waals surface area contributed by atoms with Gasteiger partial charge >= 0.3 is 5.97 Å². The zero-order valence-electron chi connectivity index (χ0n) is 10.1. The van der Waals surface area contributed by atoms with Gasteiger partial charge < -0.3 is 10.1 Å². The van der Waals surface area contributed by atoms with Gasteiger partial charge in [0, 0.05) is 35.0 Å². The molecule has 1 N–H and O–H groups in total. The molecule has 0 radical (unpaired) electrons. The molecule has 0 amide bonds. The first-order valence-electron chi connectivity index (χ1n) is 5.14. The zero-order valence-corrected chi connectivity index (χ0v) is 10.9. The molecule has 0 aliphatic rings. The molecule has 0 aromatic carbocycles. The quantitative estimate of drug-likeness (QED) is 0.797. The highest BCUT2D eigenvalue weighted by Gasteiger charge is 2.09. The van der Waals surface area contributed by atoms with Gasteiger partial charge in [-0.1, -0.05) is 0 Å². The smallest absolute Gasteiger partial charge is 0.338 e. The van der Waals surface area contributed by atoms with Crippen LogP contribution in [0.3, 0.4) is 0 Å². The van der Waals surface area contributed by atoms with Crippen molar-refractivity contribution in [1.82, 2.24) is 4.98 Å². The Balaban J connectivity index is 2.72. The van der Waals surface area contributed by atoms with E-state index in [1.54, 1.807) is 18.4 Å². The van der Waals surface area contributed by atoms with Crippen LogP contribution in [-0.4, -0.2) is 40.3 Å². The third-order valence-corrected chi connectivity index (χ3v) is 3.03. The van der Waals surface area contributed by atoms with E-state index in [0.717, 1.165) is 0 Å². The van der Waals surface area contributed by atoms with Crippen LogP contribution >= 0.6 is 0 Å². The Morgan fingerprint density at radius 3 is 2.94 bits per heavy atom. The van der Waals surface area contributed by atoms with E-state index in [1.165, 1.54) is 13.3 Å². The number of esters is 1. The fourth-order valence-corrected chi connectivity index (χ4v) is 2.19. The third-order valence-electron chi connectivity index (χ3n) is 2.06. The molecule has 0 fully saturated rings. The highest BCUT2D eigenvalue weighted by atomic mass is 32.2. The second kappa shape index (κ2) is 6.34. The summed E-state index contributed by atoms with van der Waals surface area (Å²) in [7, 11) is 0.465. The molecule has 0 aliphatic heterocycles. The summed E-state index contributed by atoms with van der Waals surface area (Å²) in [4.78, 5) is 15.4. The first-order valence-corrected chi connectivity index (χ1v) is 6.86. The standard InChI is InChI=1S/C11H16N2O3S/c1-8(7-17(3)15)13-10-6-9(4-5-12-10)11(14)16-2/h4-6,8H,7H2,1-3H3,(H,12,13). The second-order valence-electron chi connectivity index (χ2n) is 3.71. The Labute approximate surface area is 103 Å². The Bertz CT molecular complexity index is 423. The van der Waals surface area contributed by atoms with Crippen molar-refractivity contribution in [2.75, 3.05) is 24.4 Å². The minimum absolute atomic E-state index is 0.0289. The van der Waals surface area contributed by atoms with Crippen LogP contribution in [0.25, 0.3) is 0 Å². The van der Waals surface area contributed by atoms with E-state index in [2.05, 4.69) is 15.0 Å². The number of rotatable bonds is 5. The van der Waals surface area contributed by atoms with E-state index in [0.29, 0.717) is 17.1 Å². The summed E-state index contributed by atoms with van der Waals surface area (Å²) in [5, 5.41) is 3.08. The molecule has 0 aliphatic carbocycles. The van der Waals surface area contributed by atoms with Crippen molar-refractivity contribution in [3.05, 3.63) is 23.9 Å². The van der Waals surface area contributed by atoms with Crippen LogP contribution in [0.1, 0.15) is 17.3 Å². The van der Waals surface area contributed by atoms with E-state index in [9.17, 15) is 9.00 Å². The molecule has 17 heavy (non-hydrogen) atoms. The van der Waals surface area contributed by atoms with Crippen LogP contribution in [0, 0.1) is 0 Å². The monoisotopic (exact) mass is 256 g/mol. The zero-order chi connectivity index (χ0) is 12.8. The molecule has 2 atom stereocenters. The summed E-state index contributed by atoms with van der Waals surface area (Å²) in [6.07, 6.45) is 3.18. The summed E-state index contributed by atoms with van der Waals surface area (Å²) < 4.78 is 15.7. The number of pyridine rings is 1. The van der Waals surface area contributed by atoms with Crippen molar-refractivity contribution in [2.45, 2.75) is 13.0 Å². The van der Waals surface area contributed by atoms with Crippen molar-refractivity contribution in [2.24, 2.45) is 0 Å². The topological polar surface area (TPSA) is 68.3 Å². The number of ether oxygens (including phenoxy) is 1. The maximum Gasteiger partial charge on any atom is 0.338 e. The molecule has 1 aromatic rings. The number of aromatic nitrogens is 1. The lowest BCUT2D eigenvalue weighted by molar-refractivity contribution is 0.0600. The Kier molecular flexibility index (Phi) is 5.09. The second-order valence-corrected chi connectivity index (χ2v) is 5.19. The van der Waals surface area contributed by atoms with Gasteiger partial charge in [-0.15, -0.1) is 0 Å². The lowest BCUT2D eigenvalue weighted by Crippen LogP contribution is -2.23. The highest BCUT2D eigenvalue weighted by molar-refractivity contribution is 7.84. The van der Waals surface area contributed by atoms with Crippen LogP contribution in [0.15, 0.2) is 18.3 Å². The maximum absolute atomic E-state index is 11.3. The number of hydrogen-bond donors (Lipinski definition) is 1. The molecule has 1 aromatic heterocycles. The minimum Gasteiger partial charge on any atom is -0.465 e. The Hall–Kier alpha value is -1.43. The predicted molar refractivity (Wildman–Crippen MR) is 67.6 cm³/mol. The molecule has 0 spiro atoms. The van der Waals surface area contributed by atoms with Crippen molar-refractivity contribution in [1.29, 1.82) is 0 Å². The average Bonchev–Trinajstić information content (AvgIpc) is 2.27. The van der Waals surface area contributed by atoms with Gasteiger partial charge in [0.25, 0.3) is 0 Å². The predicted octanol–water partition coefficient (Wildman–Crippen LogP) is 1.05. The SMILES string of the molecule is COC(=O)c1ccnc(NC(C)CS(C)=O)c1. The number of methoxy groups -OCH3 is 1. The molecule has 94 valence electrons. The molecular weight excluding hydrogens is 240 g/mol. The van der Waals surface area contributed by atoms with Crippen molar-refractivity contribution in [3.8, 4) is 0 Å². The molecule has 0 bridgehead atoms. The van der Waals surface area contributed by atoms with Gasteiger partial charge in [0.1, 0.15) is 5.82 Å². The first-order chi connectivity index (χ1) is 8.02. The van der Waals surface area contributed by atoms with Crippen LogP contribution in [0.2, 0.25) is 0 Å². The number of carbonyl (C=O) groups excluding carboxylic acids is 1. The number of carbonyl (C=O) groups is 1. The summed E-state index contributed by atoms with van der Waals surface area (Å²) in [6, 6.07) is 3.22. The fourth-order valence-electron chi connectivity index (χ4n) is 1.40. The molecule has 2 unspecified atom stereocenters. The van der Waals surface area contributed by atoms with Crippen molar-refractivity contribution in [3.63, 3.8) is 0 Å². The lowest BCUT2D eigenvalue weighted by Gasteiger charge is -2.13. The van der Waals surface area contributed by atoms with E-state index in [-0.39, 0.29) is 6.04 Å². The third kappa shape index (κ3) is 4.52. The van der Waals surface area contributed by atoms with Crippen LogP contribution in [0.5, 0.6) is 0 Å². The Morgan fingerprint density at radius 1 is 1.65 bits per heavy atom. The van der Waals surface area contributed by atoms with E-state index in [4.69, 9.17) is 0 Å². The normalized spacial score (nSPS) is 13.8. The molecule has 0 saturated heterocycles. The van der Waals surface area contributed by atoms with Gasteiger partial charge in [-0.05, 0) is 19.1 Å². The molecular formula is C11H16N2O3S. The molecule has 1 heterocycles. The van der Waals surface area contributed by atoms with Gasteiger partial charge in [0.15, 0.2) is 0 Å². The summed E-state index contributed by atoms with van der Waals surface area (Å²) >= 11 is 0. The summed E-state index contributed by atoms with van der Waals surface area (Å²) in [6.45, 7) is 1.91. The van der Waals surface area contributed by atoms with Crippen molar-refractivity contribution < 1.29 is 13.7 Å². The summed E-state index contributed by atoms with van der Waals surface area (Å²) in [5.74, 6) is 0.706. The lowest BCUT2D eigenvalue weighted by atomic mass is 10.2. The highest BCUT2D eigenvalue weighted by Crippen LogP contribution is 2.09. The van der Waals surface area contributed by atoms with E-state index >= 15 is 0 Å². The molecule has 0 saturated carbocycles. The van der Waals surface area contributed by atoms with Crippen LogP contribution < -0.4 is 5.32 Å². The number of nitrogens with zero attached hydrogens (tertiary/aromatic N) is 1. The minimum atomic E-state index is -0.867. The van der Waals surface area contributed by atoms with Crippen LogP contribution in [-0.2, 0) is 15.5 Å². The number of anilines is 1. The van der Waals surface area contributed by atoms with Gasteiger partial charge in [-0.2, -0.15) is 0 Å². The number of hydrogen-bond acceptors (Lipinski definition) is 5.